The van der Waals surface area contributed by atoms with Gasteiger partial charge in [-0.2, -0.15) is 13.2 Å². The predicted molar refractivity (Wildman–Crippen MR) is 131 cm³/mol. The Balaban J connectivity index is 1.64. The first-order valence-corrected chi connectivity index (χ1v) is 10.6. The Labute approximate surface area is 204 Å². The Kier molecular flexibility index (Phi) is 6.64. The van der Waals surface area contributed by atoms with E-state index >= 15 is 0 Å². The van der Waals surface area contributed by atoms with Crippen molar-refractivity contribution in [3.8, 4) is 11.4 Å². The second kappa shape index (κ2) is 9.82. The molecule has 0 fully saturated rings. The molecule has 0 atom stereocenters. The number of nitrogens with two attached hydrogens (primary N) is 1. The predicted octanol–water partition coefficient (Wildman–Crippen LogP) is 5.44. The standard InChI is InChI=1S/C25H20F3N7O/c1-14-7-8-15(24(36)32-18-6-2-5-17(11-18)25(26,27)28)10-20(14)33-23-19(12-29)21(30)34-22(35-23)16-4-3-9-31-13-16/h2-13,29H,1H3,(H,32,36)(H3,30,33,34,35). The number of pyridine rings is 1. The first-order chi connectivity index (χ1) is 17.2. The lowest BCUT2D eigenvalue weighted by Crippen LogP contribution is -2.14. The van der Waals surface area contributed by atoms with Gasteiger partial charge in [-0.3, -0.25) is 9.78 Å². The Morgan fingerprint density at radius 3 is 2.58 bits per heavy atom. The largest absolute Gasteiger partial charge is 0.416 e. The van der Waals surface area contributed by atoms with Crippen LogP contribution in [0.1, 0.15) is 27.0 Å². The molecule has 5 N–H and O–H groups in total. The number of nitrogen functional groups attached to an aromatic ring is 1. The van der Waals surface area contributed by atoms with Crippen LogP contribution in [0.5, 0.6) is 0 Å². The fourth-order valence-electron chi connectivity index (χ4n) is 3.35. The second-order valence-corrected chi connectivity index (χ2v) is 7.77. The van der Waals surface area contributed by atoms with Gasteiger partial charge in [-0.05, 0) is 55.0 Å². The summed E-state index contributed by atoms with van der Waals surface area (Å²) in [4.78, 5) is 25.6. The zero-order valence-corrected chi connectivity index (χ0v) is 18.9. The number of nitrogens with zero attached hydrogens (tertiary/aromatic N) is 3. The first-order valence-electron chi connectivity index (χ1n) is 10.6. The van der Waals surface area contributed by atoms with Crippen LogP contribution in [0.2, 0.25) is 0 Å². The highest BCUT2D eigenvalue weighted by Gasteiger charge is 2.30. The van der Waals surface area contributed by atoms with Crippen molar-refractivity contribution in [3.63, 3.8) is 0 Å². The van der Waals surface area contributed by atoms with Crippen LogP contribution in [0.4, 0.5) is 36.2 Å². The van der Waals surface area contributed by atoms with Crippen molar-refractivity contribution < 1.29 is 18.0 Å². The smallest absolute Gasteiger partial charge is 0.383 e. The molecule has 0 saturated carbocycles. The Morgan fingerprint density at radius 2 is 1.89 bits per heavy atom. The number of hydrogen-bond acceptors (Lipinski definition) is 7. The van der Waals surface area contributed by atoms with Crippen LogP contribution < -0.4 is 16.4 Å². The molecular weight excluding hydrogens is 471 g/mol. The molecule has 2 aromatic heterocycles. The van der Waals surface area contributed by atoms with Crippen LogP contribution in [-0.4, -0.2) is 27.1 Å². The Hall–Kier alpha value is -4.80. The van der Waals surface area contributed by atoms with Gasteiger partial charge in [0, 0.05) is 41.1 Å². The zero-order valence-electron chi connectivity index (χ0n) is 18.9. The average molecular weight is 491 g/mol. The van der Waals surface area contributed by atoms with Gasteiger partial charge in [0.05, 0.1) is 11.1 Å². The summed E-state index contributed by atoms with van der Waals surface area (Å²) >= 11 is 0. The van der Waals surface area contributed by atoms with E-state index in [1.807, 2.05) is 0 Å². The highest BCUT2D eigenvalue weighted by Crippen LogP contribution is 2.31. The summed E-state index contributed by atoms with van der Waals surface area (Å²) in [6.07, 6.45) is -0.323. The maximum Gasteiger partial charge on any atom is 0.416 e. The van der Waals surface area contributed by atoms with Crippen molar-refractivity contribution in [2.75, 3.05) is 16.4 Å². The minimum atomic E-state index is -4.53. The number of hydrogen-bond donors (Lipinski definition) is 4. The number of aromatic nitrogens is 3. The molecule has 0 aliphatic heterocycles. The maximum atomic E-state index is 13.0. The first kappa shape index (κ1) is 24.3. The second-order valence-electron chi connectivity index (χ2n) is 7.77. The third-order valence-electron chi connectivity index (χ3n) is 5.24. The fraction of sp³-hybridized carbons (Fsp3) is 0.0800. The number of benzene rings is 2. The number of rotatable bonds is 6. The lowest BCUT2D eigenvalue weighted by molar-refractivity contribution is -0.137. The highest BCUT2D eigenvalue weighted by molar-refractivity contribution is 6.05. The van der Waals surface area contributed by atoms with Gasteiger partial charge in [-0.25, -0.2) is 9.97 Å². The van der Waals surface area contributed by atoms with Crippen LogP contribution in [0, 0.1) is 12.3 Å². The minimum Gasteiger partial charge on any atom is -0.383 e. The third-order valence-corrected chi connectivity index (χ3v) is 5.24. The summed E-state index contributed by atoms with van der Waals surface area (Å²) in [5.41, 5.74) is 7.53. The van der Waals surface area contributed by atoms with Crippen molar-refractivity contribution in [1.82, 2.24) is 15.0 Å². The third kappa shape index (κ3) is 5.30. The maximum absolute atomic E-state index is 13.0. The number of nitrogens with one attached hydrogen (secondary N) is 3. The van der Waals surface area contributed by atoms with Crippen LogP contribution in [0.3, 0.4) is 0 Å². The van der Waals surface area contributed by atoms with Gasteiger partial charge >= 0.3 is 6.18 Å². The van der Waals surface area contributed by atoms with E-state index in [4.69, 9.17) is 11.1 Å². The molecule has 0 spiro atoms. The molecule has 0 bridgehead atoms. The van der Waals surface area contributed by atoms with Gasteiger partial charge in [0.2, 0.25) is 0 Å². The normalized spacial score (nSPS) is 11.1. The molecule has 0 unspecified atom stereocenters. The van der Waals surface area contributed by atoms with Crippen molar-refractivity contribution in [2.24, 2.45) is 0 Å². The van der Waals surface area contributed by atoms with E-state index in [0.29, 0.717) is 17.1 Å². The van der Waals surface area contributed by atoms with E-state index in [2.05, 4.69) is 25.6 Å². The molecule has 2 heterocycles. The van der Waals surface area contributed by atoms with Gasteiger partial charge in [-0.15, -0.1) is 0 Å². The minimum absolute atomic E-state index is 0.0145. The lowest BCUT2D eigenvalue weighted by Gasteiger charge is -2.15. The number of halogens is 3. The van der Waals surface area contributed by atoms with Gasteiger partial charge < -0.3 is 21.8 Å². The van der Waals surface area contributed by atoms with Crippen molar-refractivity contribution in [2.45, 2.75) is 13.1 Å². The summed E-state index contributed by atoms with van der Waals surface area (Å²) < 4.78 is 39.0. The van der Waals surface area contributed by atoms with E-state index < -0.39 is 17.6 Å². The molecule has 4 aromatic rings. The van der Waals surface area contributed by atoms with Crippen molar-refractivity contribution in [3.05, 3.63) is 89.2 Å². The number of carbonyl (C=O) groups is 1. The number of amides is 1. The molecule has 0 aliphatic rings. The number of alkyl halides is 3. The number of anilines is 4. The van der Waals surface area contributed by atoms with Crippen molar-refractivity contribution >= 4 is 35.1 Å². The van der Waals surface area contributed by atoms with Crippen molar-refractivity contribution in [1.29, 1.82) is 5.41 Å². The van der Waals surface area contributed by atoms with E-state index in [0.717, 1.165) is 23.9 Å². The molecule has 0 aliphatic carbocycles. The van der Waals surface area contributed by atoms with Gasteiger partial charge in [0.25, 0.3) is 5.91 Å². The van der Waals surface area contributed by atoms with Crippen LogP contribution in [-0.2, 0) is 6.18 Å². The summed E-state index contributed by atoms with van der Waals surface area (Å²) in [5.74, 6) is 0.0278. The topological polar surface area (TPSA) is 130 Å². The molecule has 8 nitrogen and oxygen atoms in total. The number of carbonyl (C=O) groups excluding carboxylic acids is 1. The molecule has 1 amide bonds. The summed E-state index contributed by atoms with van der Waals surface area (Å²) in [7, 11) is 0. The molecule has 2 aromatic carbocycles. The van der Waals surface area contributed by atoms with E-state index in [-0.39, 0.29) is 28.5 Å². The van der Waals surface area contributed by atoms with Gasteiger partial charge in [0.1, 0.15) is 11.6 Å². The van der Waals surface area contributed by atoms with E-state index in [9.17, 15) is 18.0 Å². The zero-order chi connectivity index (χ0) is 25.9. The lowest BCUT2D eigenvalue weighted by atomic mass is 10.1. The fourth-order valence-corrected chi connectivity index (χ4v) is 3.35. The monoisotopic (exact) mass is 491 g/mol. The molecule has 36 heavy (non-hydrogen) atoms. The quantitative estimate of drug-likeness (QED) is 0.266. The van der Waals surface area contributed by atoms with Gasteiger partial charge in [-0.1, -0.05) is 12.1 Å². The molecule has 11 heteroatoms. The molecule has 182 valence electrons. The Bertz CT molecular complexity index is 1440. The SMILES string of the molecule is Cc1ccc(C(=O)Nc2cccc(C(F)(F)F)c2)cc1Nc1nc(-c2cccnc2)nc(N)c1C=N. The number of aryl methyl sites for hydroxylation is 1. The average Bonchev–Trinajstić information content (AvgIpc) is 2.85. The highest BCUT2D eigenvalue weighted by atomic mass is 19.4. The van der Waals surface area contributed by atoms with E-state index in [1.54, 1.807) is 43.6 Å². The summed E-state index contributed by atoms with van der Waals surface area (Å²) in [6.45, 7) is 1.80. The van der Waals surface area contributed by atoms with Crippen LogP contribution in [0.15, 0.2) is 67.0 Å². The molecular formula is C25H20F3N7O. The summed E-state index contributed by atoms with van der Waals surface area (Å²) in [6, 6.07) is 12.6. The van der Waals surface area contributed by atoms with Crippen LogP contribution in [0.25, 0.3) is 11.4 Å². The van der Waals surface area contributed by atoms with E-state index in [1.165, 1.54) is 18.2 Å². The molecule has 0 radical (unpaired) electrons. The van der Waals surface area contributed by atoms with Gasteiger partial charge in [0.15, 0.2) is 5.82 Å². The molecule has 4 rings (SSSR count). The Morgan fingerprint density at radius 1 is 1.08 bits per heavy atom. The van der Waals surface area contributed by atoms with Crippen LogP contribution >= 0.6 is 0 Å². The molecule has 0 saturated heterocycles. The summed E-state index contributed by atoms with van der Waals surface area (Å²) in [5, 5.41) is 13.3.